The molecule has 1 aliphatic rings. The number of hydrazone groups is 1. The molecule has 0 radical (unpaired) electrons. The van der Waals surface area contributed by atoms with Gasteiger partial charge in [0, 0.05) is 12.0 Å². The van der Waals surface area contributed by atoms with Crippen LogP contribution in [-0.4, -0.2) is 36.8 Å². The number of benzene rings is 2. The highest BCUT2D eigenvalue weighted by Crippen LogP contribution is 2.33. The molecule has 5 rings (SSSR count). The van der Waals surface area contributed by atoms with Crippen LogP contribution in [0.25, 0.3) is 11.4 Å². The van der Waals surface area contributed by atoms with E-state index in [0.717, 1.165) is 22.4 Å². The van der Waals surface area contributed by atoms with Crippen LogP contribution in [-0.2, 0) is 11.3 Å². The topological polar surface area (TPSA) is 89.4 Å². The predicted octanol–water partition coefficient (Wildman–Crippen LogP) is 3.93. The number of carbonyl (C=O) groups is 1. The Morgan fingerprint density at radius 3 is 2.62 bits per heavy atom. The zero-order valence-electron chi connectivity index (χ0n) is 17.8. The van der Waals surface area contributed by atoms with Crippen LogP contribution in [0, 0.1) is 13.8 Å². The van der Waals surface area contributed by atoms with Crippen molar-refractivity contribution in [2.24, 2.45) is 5.10 Å². The van der Waals surface area contributed by atoms with E-state index in [1.165, 1.54) is 15.4 Å². The van der Waals surface area contributed by atoms with Gasteiger partial charge in [-0.3, -0.25) is 4.79 Å². The van der Waals surface area contributed by atoms with E-state index in [2.05, 4.69) is 20.5 Å². The van der Waals surface area contributed by atoms with Gasteiger partial charge in [-0.05, 0) is 42.3 Å². The Morgan fingerprint density at radius 2 is 1.88 bits per heavy atom. The van der Waals surface area contributed by atoms with E-state index in [4.69, 9.17) is 4.42 Å². The molecule has 1 atom stereocenters. The zero-order chi connectivity index (χ0) is 22.1. The Bertz CT molecular complexity index is 1270. The maximum atomic E-state index is 13.2. The SMILES string of the molecule is Cc1ccc(C2=NN(C(=O)Cn3nnc(-c4ccccc4C)n3)[C@@H](c3ccco3)C2)cc1. The van der Waals surface area contributed by atoms with Gasteiger partial charge in [0.25, 0.3) is 5.91 Å². The lowest BCUT2D eigenvalue weighted by atomic mass is 10.0. The number of hydrogen-bond donors (Lipinski definition) is 0. The van der Waals surface area contributed by atoms with Crippen molar-refractivity contribution >= 4 is 11.6 Å². The number of furan rings is 1. The largest absolute Gasteiger partial charge is 0.467 e. The van der Waals surface area contributed by atoms with Gasteiger partial charge in [0.05, 0.1) is 12.0 Å². The van der Waals surface area contributed by atoms with Gasteiger partial charge in [0.15, 0.2) is 0 Å². The maximum Gasteiger partial charge on any atom is 0.267 e. The van der Waals surface area contributed by atoms with Crippen molar-refractivity contribution in [1.29, 1.82) is 0 Å². The molecular weight excluding hydrogens is 404 g/mol. The lowest BCUT2D eigenvalue weighted by Crippen LogP contribution is -2.31. The third-order valence-electron chi connectivity index (χ3n) is 5.54. The molecule has 8 heteroatoms. The molecule has 0 saturated carbocycles. The van der Waals surface area contributed by atoms with Gasteiger partial charge in [0.2, 0.25) is 5.82 Å². The average Bonchev–Trinajstić information content (AvgIpc) is 3.55. The molecule has 160 valence electrons. The molecular formula is C24H22N6O2. The number of hydrogen-bond acceptors (Lipinski definition) is 6. The van der Waals surface area contributed by atoms with E-state index in [9.17, 15) is 4.79 Å². The molecule has 4 aromatic rings. The summed E-state index contributed by atoms with van der Waals surface area (Å²) < 4.78 is 5.61. The number of nitrogens with zero attached hydrogens (tertiary/aromatic N) is 6. The minimum absolute atomic E-state index is 0.0687. The number of aromatic nitrogens is 4. The minimum Gasteiger partial charge on any atom is -0.467 e. The fourth-order valence-electron chi connectivity index (χ4n) is 3.80. The van der Waals surface area contributed by atoms with Crippen molar-refractivity contribution in [2.75, 3.05) is 0 Å². The van der Waals surface area contributed by atoms with Crippen molar-refractivity contribution < 1.29 is 9.21 Å². The second-order valence-electron chi connectivity index (χ2n) is 7.84. The summed E-state index contributed by atoms with van der Waals surface area (Å²) in [6.07, 6.45) is 2.18. The Balaban J connectivity index is 1.40. The second-order valence-corrected chi connectivity index (χ2v) is 7.84. The Morgan fingerprint density at radius 1 is 1.06 bits per heavy atom. The van der Waals surface area contributed by atoms with Gasteiger partial charge in [-0.1, -0.05) is 54.1 Å². The number of aryl methyl sites for hydroxylation is 2. The van der Waals surface area contributed by atoms with Crippen LogP contribution in [0.5, 0.6) is 0 Å². The molecule has 0 unspecified atom stereocenters. The Hall–Kier alpha value is -4.07. The highest BCUT2D eigenvalue weighted by Gasteiger charge is 2.35. The van der Waals surface area contributed by atoms with E-state index >= 15 is 0 Å². The van der Waals surface area contributed by atoms with Gasteiger partial charge in [0.1, 0.15) is 18.3 Å². The van der Waals surface area contributed by atoms with E-state index < -0.39 is 0 Å². The van der Waals surface area contributed by atoms with Crippen LogP contribution in [0.2, 0.25) is 0 Å². The van der Waals surface area contributed by atoms with Crippen LogP contribution in [0.3, 0.4) is 0 Å². The molecule has 0 N–H and O–H groups in total. The first-order valence-corrected chi connectivity index (χ1v) is 10.4. The van der Waals surface area contributed by atoms with Gasteiger partial charge >= 0.3 is 0 Å². The van der Waals surface area contributed by atoms with Crippen molar-refractivity contribution in [2.45, 2.75) is 32.9 Å². The molecule has 2 aromatic carbocycles. The molecule has 32 heavy (non-hydrogen) atoms. The summed E-state index contributed by atoms with van der Waals surface area (Å²) >= 11 is 0. The summed E-state index contributed by atoms with van der Waals surface area (Å²) in [4.78, 5) is 14.5. The molecule has 0 aliphatic carbocycles. The fourth-order valence-corrected chi connectivity index (χ4v) is 3.80. The summed E-state index contributed by atoms with van der Waals surface area (Å²) in [5, 5.41) is 18.7. The fraction of sp³-hybridized carbons (Fsp3) is 0.208. The number of carbonyl (C=O) groups excluding carboxylic acids is 1. The lowest BCUT2D eigenvalue weighted by molar-refractivity contribution is -0.134. The van der Waals surface area contributed by atoms with Crippen molar-refractivity contribution in [3.63, 3.8) is 0 Å². The number of amides is 1. The van der Waals surface area contributed by atoms with Gasteiger partial charge in [-0.25, -0.2) is 5.01 Å². The van der Waals surface area contributed by atoms with E-state index in [1.54, 1.807) is 6.26 Å². The Labute approximate surface area is 185 Å². The first kappa shape index (κ1) is 19.9. The summed E-state index contributed by atoms with van der Waals surface area (Å²) in [6.45, 7) is 3.96. The van der Waals surface area contributed by atoms with E-state index in [-0.39, 0.29) is 18.5 Å². The first-order chi connectivity index (χ1) is 15.6. The van der Waals surface area contributed by atoms with Gasteiger partial charge in [-0.15, -0.1) is 10.2 Å². The highest BCUT2D eigenvalue weighted by atomic mass is 16.3. The van der Waals surface area contributed by atoms with Crippen molar-refractivity contribution in [3.8, 4) is 11.4 Å². The second kappa shape index (κ2) is 8.22. The highest BCUT2D eigenvalue weighted by molar-refractivity contribution is 6.03. The average molecular weight is 426 g/mol. The molecule has 1 amide bonds. The first-order valence-electron chi connectivity index (χ1n) is 10.4. The zero-order valence-corrected chi connectivity index (χ0v) is 17.8. The monoisotopic (exact) mass is 426 g/mol. The van der Waals surface area contributed by atoms with Crippen LogP contribution in [0.4, 0.5) is 0 Å². The Kier molecular flexibility index (Phi) is 5.10. The minimum atomic E-state index is -0.312. The summed E-state index contributed by atoms with van der Waals surface area (Å²) in [5.41, 5.74) is 4.93. The maximum absolute atomic E-state index is 13.2. The normalized spacial score (nSPS) is 15.8. The number of rotatable bonds is 5. The van der Waals surface area contributed by atoms with E-state index in [1.807, 2.05) is 74.5 Å². The molecule has 2 aromatic heterocycles. The molecule has 0 fully saturated rings. The van der Waals surface area contributed by atoms with Crippen LogP contribution < -0.4 is 0 Å². The van der Waals surface area contributed by atoms with Crippen molar-refractivity contribution in [3.05, 3.63) is 89.4 Å². The lowest BCUT2D eigenvalue weighted by Gasteiger charge is -2.19. The number of tetrazole rings is 1. The quantitative estimate of drug-likeness (QED) is 0.482. The predicted molar refractivity (Wildman–Crippen MR) is 119 cm³/mol. The van der Waals surface area contributed by atoms with Crippen LogP contribution >= 0.6 is 0 Å². The summed E-state index contributed by atoms with van der Waals surface area (Å²) in [6, 6.07) is 19.3. The third-order valence-corrected chi connectivity index (χ3v) is 5.54. The standard InChI is InChI=1S/C24H22N6O2/c1-16-9-11-18(12-10-16)20-14-21(22-8-5-13-32-22)30(26-20)23(31)15-29-27-24(25-28-29)19-7-4-3-6-17(19)2/h3-13,21H,14-15H2,1-2H3/t21-/m1/s1. The molecule has 0 saturated heterocycles. The summed E-state index contributed by atoms with van der Waals surface area (Å²) in [7, 11) is 0. The van der Waals surface area contributed by atoms with Gasteiger partial charge in [-0.2, -0.15) is 9.90 Å². The smallest absolute Gasteiger partial charge is 0.267 e. The molecule has 3 heterocycles. The molecule has 8 nitrogen and oxygen atoms in total. The van der Waals surface area contributed by atoms with Crippen molar-refractivity contribution in [1.82, 2.24) is 25.2 Å². The van der Waals surface area contributed by atoms with Gasteiger partial charge < -0.3 is 4.42 Å². The molecule has 1 aliphatic heterocycles. The third kappa shape index (κ3) is 3.82. The van der Waals surface area contributed by atoms with Crippen LogP contribution in [0.1, 0.15) is 34.9 Å². The van der Waals surface area contributed by atoms with Crippen LogP contribution in [0.15, 0.2) is 76.4 Å². The molecule has 0 bridgehead atoms. The molecule has 0 spiro atoms. The van der Waals surface area contributed by atoms with E-state index in [0.29, 0.717) is 18.0 Å². The summed E-state index contributed by atoms with van der Waals surface area (Å²) in [5.74, 6) is 0.947.